The van der Waals surface area contributed by atoms with Gasteiger partial charge in [-0.05, 0) is 38.8 Å². The highest BCUT2D eigenvalue weighted by Gasteiger charge is 2.02. The summed E-state index contributed by atoms with van der Waals surface area (Å²) < 4.78 is 13.1. The molecule has 70 valence electrons. The maximum atomic E-state index is 13.1. The molecule has 0 heterocycles. The second kappa shape index (κ2) is 3.69. The van der Waals surface area contributed by atoms with Crippen molar-refractivity contribution < 1.29 is 4.39 Å². The molecule has 0 aliphatic rings. The number of aryl methyl sites for hydroxylation is 2. The average molecular weight is 179 g/mol. The van der Waals surface area contributed by atoms with Crippen LogP contribution in [0.25, 0.3) is 0 Å². The van der Waals surface area contributed by atoms with Gasteiger partial charge in [0.2, 0.25) is 0 Å². The van der Waals surface area contributed by atoms with E-state index in [2.05, 4.69) is 4.99 Å². The molecule has 0 aliphatic heterocycles. The van der Waals surface area contributed by atoms with Gasteiger partial charge < -0.3 is 0 Å². The Morgan fingerprint density at radius 3 is 2.31 bits per heavy atom. The van der Waals surface area contributed by atoms with Crippen LogP contribution in [0.5, 0.6) is 0 Å². The number of halogens is 1. The van der Waals surface area contributed by atoms with Crippen molar-refractivity contribution >= 4 is 11.4 Å². The van der Waals surface area contributed by atoms with Gasteiger partial charge in [-0.1, -0.05) is 6.07 Å². The number of aliphatic imine (C=N–C) groups is 1. The second-order valence-corrected chi connectivity index (χ2v) is 3.45. The molecule has 0 spiro atoms. The summed E-state index contributed by atoms with van der Waals surface area (Å²) in [5.74, 6) is -0.189. The van der Waals surface area contributed by atoms with Crippen molar-refractivity contribution in [3.63, 3.8) is 0 Å². The van der Waals surface area contributed by atoms with Gasteiger partial charge in [0.25, 0.3) is 0 Å². The first-order valence-electron chi connectivity index (χ1n) is 4.29. The Bertz CT molecular complexity index is 349. The Kier molecular flexibility index (Phi) is 2.81. The normalized spacial score (nSPS) is 9.92. The molecular formula is C11H14FN. The molecule has 0 N–H and O–H groups in total. The molecule has 1 nitrogen and oxygen atoms in total. The Labute approximate surface area is 78.3 Å². The maximum absolute atomic E-state index is 13.1. The molecule has 0 atom stereocenters. The molecule has 2 heteroatoms. The third-order valence-electron chi connectivity index (χ3n) is 1.82. The van der Waals surface area contributed by atoms with Gasteiger partial charge in [-0.25, -0.2) is 4.39 Å². The predicted molar refractivity (Wildman–Crippen MR) is 54.3 cm³/mol. The summed E-state index contributed by atoms with van der Waals surface area (Å²) in [6.45, 7) is 7.50. The SMILES string of the molecule is CC(C)=Nc1cc(F)c(C)cc1C. The Hall–Kier alpha value is -1.18. The number of hydrogen-bond donors (Lipinski definition) is 0. The van der Waals surface area contributed by atoms with Crippen LogP contribution in [0.15, 0.2) is 17.1 Å². The zero-order valence-corrected chi connectivity index (χ0v) is 8.48. The van der Waals surface area contributed by atoms with Crippen LogP contribution in [-0.2, 0) is 0 Å². The van der Waals surface area contributed by atoms with Gasteiger partial charge in [-0.2, -0.15) is 0 Å². The quantitative estimate of drug-likeness (QED) is 0.584. The number of rotatable bonds is 1. The van der Waals surface area contributed by atoms with E-state index in [0.717, 1.165) is 17.0 Å². The number of nitrogens with zero attached hydrogens (tertiary/aromatic N) is 1. The van der Waals surface area contributed by atoms with Crippen molar-refractivity contribution in [1.82, 2.24) is 0 Å². The molecule has 0 saturated heterocycles. The predicted octanol–water partition coefficient (Wildman–Crippen LogP) is 3.55. The minimum absolute atomic E-state index is 0.189. The first-order valence-corrected chi connectivity index (χ1v) is 4.29. The summed E-state index contributed by atoms with van der Waals surface area (Å²) in [5, 5.41) is 0. The fourth-order valence-corrected chi connectivity index (χ4v) is 1.18. The van der Waals surface area contributed by atoms with E-state index < -0.39 is 0 Å². The molecule has 0 aliphatic carbocycles. The van der Waals surface area contributed by atoms with Crippen LogP contribution < -0.4 is 0 Å². The van der Waals surface area contributed by atoms with E-state index in [0.29, 0.717) is 5.56 Å². The smallest absolute Gasteiger partial charge is 0.128 e. The van der Waals surface area contributed by atoms with E-state index in [9.17, 15) is 4.39 Å². The van der Waals surface area contributed by atoms with Gasteiger partial charge in [-0.3, -0.25) is 4.99 Å². The van der Waals surface area contributed by atoms with Gasteiger partial charge in [0.1, 0.15) is 5.82 Å². The van der Waals surface area contributed by atoms with E-state index in [1.807, 2.05) is 26.8 Å². The minimum Gasteiger partial charge on any atom is -0.258 e. The van der Waals surface area contributed by atoms with E-state index in [4.69, 9.17) is 0 Å². The number of benzene rings is 1. The van der Waals surface area contributed by atoms with Crippen LogP contribution in [0.4, 0.5) is 10.1 Å². The molecular weight excluding hydrogens is 165 g/mol. The van der Waals surface area contributed by atoms with Crippen LogP contribution in [-0.4, -0.2) is 5.71 Å². The molecule has 1 aromatic carbocycles. The highest BCUT2D eigenvalue weighted by Crippen LogP contribution is 2.22. The zero-order chi connectivity index (χ0) is 10.0. The van der Waals surface area contributed by atoms with Gasteiger partial charge in [0, 0.05) is 11.8 Å². The second-order valence-electron chi connectivity index (χ2n) is 3.45. The molecule has 13 heavy (non-hydrogen) atoms. The topological polar surface area (TPSA) is 12.4 Å². The third-order valence-corrected chi connectivity index (χ3v) is 1.82. The highest BCUT2D eigenvalue weighted by atomic mass is 19.1. The largest absolute Gasteiger partial charge is 0.258 e. The van der Waals surface area contributed by atoms with E-state index in [1.54, 1.807) is 6.92 Å². The molecule has 0 saturated carbocycles. The lowest BCUT2D eigenvalue weighted by Crippen LogP contribution is -1.86. The fourth-order valence-electron chi connectivity index (χ4n) is 1.18. The molecule has 1 aromatic rings. The Balaban J connectivity index is 3.24. The summed E-state index contributed by atoms with van der Waals surface area (Å²) in [6.07, 6.45) is 0. The van der Waals surface area contributed by atoms with Gasteiger partial charge >= 0.3 is 0 Å². The first kappa shape index (κ1) is 9.90. The van der Waals surface area contributed by atoms with Gasteiger partial charge in [-0.15, -0.1) is 0 Å². The molecule has 0 bridgehead atoms. The Morgan fingerprint density at radius 2 is 1.77 bits per heavy atom. The lowest BCUT2D eigenvalue weighted by molar-refractivity contribution is 0.618. The zero-order valence-electron chi connectivity index (χ0n) is 8.48. The average Bonchev–Trinajstić information content (AvgIpc) is 1.99. The molecule has 0 amide bonds. The Morgan fingerprint density at radius 1 is 1.15 bits per heavy atom. The van der Waals surface area contributed by atoms with Crippen molar-refractivity contribution in [1.29, 1.82) is 0 Å². The van der Waals surface area contributed by atoms with Crippen molar-refractivity contribution in [2.24, 2.45) is 4.99 Å². The van der Waals surface area contributed by atoms with E-state index >= 15 is 0 Å². The highest BCUT2D eigenvalue weighted by molar-refractivity contribution is 5.82. The van der Waals surface area contributed by atoms with Crippen molar-refractivity contribution in [3.05, 3.63) is 29.1 Å². The van der Waals surface area contributed by atoms with E-state index in [1.165, 1.54) is 6.07 Å². The van der Waals surface area contributed by atoms with Crippen LogP contribution in [0.2, 0.25) is 0 Å². The van der Waals surface area contributed by atoms with Crippen molar-refractivity contribution in [2.45, 2.75) is 27.7 Å². The van der Waals surface area contributed by atoms with Crippen molar-refractivity contribution in [3.8, 4) is 0 Å². The summed E-state index contributed by atoms with van der Waals surface area (Å²) >= 11 is 0. The monoisotopic (exact) mass is 179 g/mol. The molecule has 0 aromatic heterocycles. The van der Waals surface area contributed by atoms with E-state index in [-0.39, 0.29) is 5.82 Å². The third kappa shape index (κ3) is 2.38. The number of hydrogen-bond acceptors (Lipinski definition) is 1. The lowest BCUT2D eigenvalue weighted by Gasteiger charge is -2.03. The van der Waals surface area contributed by atoms with Gasteiger partial charge in [0.05, 0.1) is 5.69 Å². The summed E-state index contributed by atoms with van der Waals surface area (Å²) in [7, 11) is 0. The van der Waals surface area contributed by atoms with Crippen LogP contribution in [0, 0.1) is 19.7 Å². The standard InChI is InChI=1S/C11H14FN/c1-7(2)13-11-6-10(12)8(3)5-9(11)4/h5-6H,1-4H3. The summed E-state index contributed by atoms with van der Waals surface area (Å²) in [5.41, 5.74) is 3.35. The summed E-state index contributed by atoms with van der Waals surface area (Å²) in [6, 6.07) is 3.30. The van der Waals surface area contributed by atoms with Crippen LogP contribution >= 0.6 is 0 Å². The molecule has 0 radical (unpaired) electrons. The lowest BCUT2D eigenvalue weighted by atomic mass is 10.1. The molecule has 0 unspecified atom stereocenters. The van der Waals surface area contributed by atoms with Gasteiger partial charge in [0.15, 0.2) is 0 Å². The first-order chi connectivity index (χ1) is 6.00. The minimum atomic E-state index is -0.189. The summed E-state index contributed by atoms with van der Waals surface area (Å²) in [4.78, 5) is 4.24. The molecule has 1 rings (SSSR count). The van der Waals surface area contributed by atoms with Crippen molar-refractivity contribution in [2.75, 3.05) is 0 Å². The van der Waals surface area contributed by atoms with Crippen LogP contribution in [0.1, 0.15) is 25.0 Å². The maximum Gasteiger partial charge on any atom is 0.128 e. The molecule has 0 fully saturated rings. The fraction of sp³-hybridized carbons (Fsp3) is 0.364. The van der Waals surface area contributed by atoms with Crippen LogP contribution in [0.3, 0.4) is 0 Å².